The summed E-state index contributed by atoms with van der Waals surface area (Å²) in [6, 6.07) is 10.6. The van der Waals surface area contributed by atoms with Crippen LogP contribution < -0.4 is 5.73 Å². The van der Waals surface area contributed by atoms with Crippen molar-refractivity contribution >= 4 is 20.9 Å². The lowest BCUT2D eigenvalue weighted by Crippen LogP contribution is -2.04. The molecule has 3 aromatic rings. The fourth-order valence-corrected chi connectivity index (χ4v) is 3.39. The molecule has 0 atom stereocenters. The number of fused-ring (bicyclic) bond motifs is 1. The Morgan fingerprint density at radius 1 is 1.00 bits per heavy atom. The second-order valence-corrected chi connectivity index (χ2v) is 7.01. The van der Waals surface area contributed by atoms with Gasteiger partial charge in [-0.1, -0.05) is 18.2 Å². The number of nitrogens with two attached hydrogens (primary N) is 1. The number of hydrogen-bond donors (Lipinski definition) is 1. The van der Waals surface area contributed by atoms with Crippen LogP contribution in [0.15, 0.2) is 53.7 Å². The number of nitrogens with zero attached hydrogens (tertiary/aromatic N) is 2. The average Bonchev–Trinajstić information content (AvgIpc) is 2.52. The third-order valence-corrected chi connectivity index (χ3v) is 4.65. The van der Waals surface area contributed by atoms with Gasteiger partial charge in [-0.15, -0.1) is 0 Å². The quantitative estimate of drug-likeness (QED) is 0.801. The Bertz CT molecular complexity index is 953. The van der Waals surface area contributed by atoms with Gasteiger partial charge in [-0.05, 0) is 29.3 Å². The Morgan fingerprint density at radius 2 is 1.64 bits per heavy atom. The summed E-state index contributed by atoms with van der Waals surface area (Å²) in [4.78, 5) is 8.83. The Balaban J connectivity index is 2.35. The van der Waals surface area contributed by atoms with Crippen LogP contribution in [0.2, 0.25) is 0 Å². The predicted octanol–water partition coefficient (Wildman–Crippen LogP) is 2.16. The van der Waals surface area contributed by atoms with Crippen LogP contribution >= 0.6 is 0 Å². The summed E-state index contributed by atoms with van der Waals surface area (Å²) in [7, 11) is -3.34. The van der Waals surface area contributed by atoms with Crippen LogP contribution in [0, 0.1) is 0 Å². The molecular weight excluding hydrogens is 298 g/mol. The topological polar surface area (TPSA) is 85.9 Å². The molecule has 1 aromatic heterocycles. The molecule has 2 aromatic carbocycles. The van der Waals surface area contributed by atoms with Gasteiger partial charge in [0.1, 0.15) is 0 Å². The maximum atomic E-state index is 12.0. The lowest BCUT2D eigenvalue weighted by Gasteiger charge is -2.13. The van der Waals surface area contributed by atoms with E-state index in [2.05, 4.69) is 9.97 Å². The standard InChI is InChI=1S/C16H15N3O2S/c1-22(20,21)16-5-3-2-4-12(16)13-9-15-14(8-11(13)10-17)18-6-7-19-15/h2-9H,10,17H2,1H3. The van der Waals surface area contributed by atoms with Crippen molar-refractivity contribution in [2.24, 2.45) is 5.73 Å². The van der Waals surface area contributed by atoms with E-state index in [1.165, 1.54) is 6.26 Å². The van der Waals surface area contributed by atoms with E-state index >= 15 is 0 Å². The number of sulfone groups is 1. The molecule has 0 aliphatic rings. The fourth-order valence-electron chi connectivity index (χ4n) is 2.49. The lowest BCUT2D eigenvalue weighted by atomic mass is 9.98. The molecule has 5 nitrogen and oxygen atoms in total. The zero-order chi connectivity index (χ0) is 15.7. The highest BCUT2D eigenvalue weighted by Gasteiger charge is 2.17. The molecule has 22 heavy (non-hydrogen) atoms. The van der Waals surface area contributed by atoms with E-state index in [0.717, 1.165) is 16.6 Å². The summed E-state index contributed by atoms with van der Waals surface area (Å²) in [5, 5.41) is 0. The number of hydrogen-bond acceptors (Lipinski definition) is 5. The van der Waals surface area contributed by atoms with E-state index in [0.29, 0.717) is 17.6 Å². The molecule has 0 radical (unpaired) electrons. The van der Waals surface area contributed by atoms with Crippen molar-refractivity contribution in [1.82, 2.24) is 9.97 Å². The first-order valence-electron chi connectivity index (χ1n) is 6.74. The smallest absolute Gasteiger partial charge is 0.176 e. The van der Waals surface area contributed by atoms with E-state index < -0.39 is 9.84 Å². The van der Waals surface area contributed by atoms with Gasteiger partial charge in [-0.3, -0.25) is 9.97 Å². The summed E-state index contributed by atoms with van der Waals surface area (Å²) < 4.78 is 24.1. The van der Waals surface area contributed by atoms with Crippen molar-refractivity contribution < 1.29 is 8.42 Å². The lowest BCUT2D eigenvalue weighted by molar-refractivity contribution is 0.602. The van der Waals surface area contributed by atoms with Gasteiger partial charge in [0.2, 0.25) is 0 Å². The Hall–Kier alpha value is -2.31. The van der Waals surface area contributed by atoms with E-state index in [-0.39, 0.29) is 4.90 Å². The minimum absolute atomic E-state index is 0.285. The maximum absolute atomic E-state index is 12.0. The minimum atomic E-state index is -3.34. The first kappa shape index (κ1) is 14.6. The Kier molecular flexibility index (Phi) is 3.64. The summed E-state index contributed by atoms with van der Waals surface area (Å²) >= 11 is 0. The van der Waals surface area contributed by atoms with E-state index in [9.17, 15) is 8.42 Å². The zero-order valence-corrected chi connectivity index (χ0v) is 12.8. The van der Waals surface area contributed by atoms with Crippen LogP contribution in [-0.4, -0.2) is 24.6 Å². The molecule has 0 aliphatic heterocycles. The van der Waals surface area contributed by atoms with Gasteiger partial charge in [0.05, 0.1) is 15.9 Å². The van der Waals surface area contributed by atoms with Crippen molar-refractivity contribution in [3.8, 4) is 11.1 Å². The fraction of sp³-hybridized carbons (Fsp3) is 0.125. The third-order valence-electron chi connectivity index (χ3n) is 3.49. The molecule has 0 saturated heterocycles. The molecule has 2 N–H and O–H groups in total. The van der Waals surface area contributed by atoms with E-state index in [1.54, 1.807) is 30.6 Å². The molecule has 112 valence electrons. The summed E-state index contributed by atoms with van der Waals surface area (Å²) in [6.07, 6.45) is 4.43. The highest BCUT2D eigenvalue weighted by molar-refractivity contribution is 7.90. The summed E-state index contributed by atoms with van der Waals surface area (Å²) in [5.74, 6) is 0. The van der Waals surface area contributed by atoms with Crippen molar-refractivity contribution in [1.29, 1.82) is 0 Å². The Morgan fingerprint density at radius 3 is 2.27 bits per heavy atom. The molecule has 3 rings (SSSR count). The molecule has 0 fully saturated rings. The van der Waals surface area contributed by atoms with Crippen molar-refractivity contribution in [3.63, 3.8) is 0 Å². The highest BCUT2D eigenvalue weighted by Crippen LogP contribution is 2.32. The van der Waals surface area contributed by atoms with Crippen LogP contribution in [0.25, 0.3) is 22.2 Å². The van der Waals surface area contributed by atoms with Gasteiger partial charge in [0.25, 0.3) is 0 Å². The molecule has 0 amide bonds. The summed E-state index contributed by atoms with van der Waals surface area (Å²) in [6.45, 7) is 0.292. The molecule has 0 saturated carbocycles. The van der Waals surface area contributed by atoms with Gasteiger partial charge in [0, 0.05) is 30.8 Å². The predicted molar refractivity (Wildman–Crippen MR) is 86.0 cm³/mol. The van der Waals surface area contributed by atoms with Gasteiger partial charge in [-0.25, -0.2) is 8.42 Å². The monoisotopic (exact) mass is 313 g/mol. The SMILES string of the molecule is CS(=O)(=O)c1ccccc1-c1cc2nccnc2cc1CN. The first-order valence-corrected chi connectivity index (χ1v) is 8.63. The molecule has 0 aliphatic carbocycles. The van der Waals surface area contributed by atoms with Gasteiger partial charge in [0.15, 0.2) is 9.84 Å². The Labute approximate surface area is 128 Å². The summed E-state index contributed by atoms with van der Waals surface area (Å²) in [5.41, 5.74) is 9.54. The second kappa shape index (κ2) is 5.47. The van der Waals surface area contributed by atoms with Crippen molar-refractivity contribution in [2.45, 2.75) is 11.4 Å². The van der Waals surface area contributed by atoms with E-state index in [4.69, 9.17) is 5.73 Å². The maximum Gasteiger partial charge on any atom is 0.176 e. The molecule has 1 heterocycles. The molecule has 0 bridgehead atoms. The van der Waals surface area contributed by atoms with Crippen LogP contribution in [0.5, 0.6) is 0 Å². The van der Waals surface area contributed by atoms with Crippen molar-refractivity contribution in [2.75, 3.05) is 6.26 Å². The third kappa shape index (κ3) is 2.58. The van der Waals surface area contributed by atoms with Crippen LogP contribution in [0.3, 0.4) is 0 Å². The van der Waals surface area contributed by atoms with Crippen LogP contribution in [0.4, 0.5) is 0 Å². The minimum Gasteiger partial charge on any atom is -0.326 e. The zero-order valence-electron chi connectivity index (χ0n) is 12.0. The van der Waals surface area contributed by atoms with Crippen LogP contribution in [0.1, 0.15) is 5.56 Å². The van der Waals surface area contributed by atoms with Gasteiger partial charge >= 0.3 is 0 Å². The van der Waals surface area contributed by atoms with E-state index in [1.807, 2.05) is 18.2 Å². The number of rotatable bonds is 3. The second-order valence-electron chi connectivity index (χ2n) is 5.03. The molecule has 6 heteroatoms. The molecule has 0 spiro atoms. The average molecular weight is 313 g/mol. The number of aromatic nitrogens is 2. The van der Waals surface area contributed by atoms with Crippen molar-refractivity contribution in [3.05, 3.63) is 54.4 Å². The molecule has 0 unspecified atom stereocenters. The highest BCUT2D eigenvalue weighted by atomic mass is 32.2. The number of benzene rings is 2. The van der Waals surface area contributed by atoms with Crippen LogP contribution in [-0.2, 0) is 16.4 Å². The largest absolute Gasteiger partial charge is 0.326 e. The molecular formula is C16H15N3O2S. The first-order chi connectivity index (χ1) is 10.5. The van der Waals surface area contributed by atoms with Gasteiger partial charge in [-0.2, -0.15) is 0 Å². The normalized spacial score (nSPS) is 11.7. The van der Waals surface area contributed by atoms with Gasteiger partial charge < -0.3 is 5.73 Å².